The summed E-state index contributed by atoms with van der Waals surface area (Å²) in [5.74, 6) is -0.312. The summed E-state index contributed by atoms with van der Waals surface area (Å²) in [5.41, 5.74) is -0.0144. The van der Waals surface area contributed by atoms with Crippen molar-refractivity contribution < 1.29 is 14.8 Å². The summed E-state index contributed by atoms with van der Waals surface area (Å²) in [7, 11) is 0. The van der Waals surface area contributed by atoms with Gasteiger partial charge in [0, 0.05) is 17.3 Å². The minimum absolute atomic E-state index is 0.0256. The second kappa shape index (κ2) is 5.58. The SMILES string of the molecule is Cc1ccc(NC(=O)CC2(O)CCCC2)cc1[N+](=O)[O-]. The summed E-state index contributed by atoms with van der Waals surface area (Å²) >= 11 is 0. The first-order chi connectivity index (χ1) is 9.39. The van der Waals surface area contributed by atoms with Crippen LogP contribution in [0.25, 0.3) is 0 Å². The van der Waals surface area contributed by atoms with E-state index in [4.69, 9.17) is 0 Å². The number of hydrogen-bond acceptors (Lipinski definition) is 4. The van der Waals surface area contributed by atoms with Crippen LogP contribution >= 0.6 is 0 Å². The smallest absolute Gasteiger partial charge is 0.274 e. The van der Waals surface area contributed by atoms with E-state index in [1.54, 1.807) is 19.1 Å². The lowest BCUT2D eigenvalue weighted by atomic mass is 9.97. The number of benzene rings is 1. The van der Waals surface area contributed by atoms with Crippen molar-refractivity contribution in [3.05, 3.63) is 33.9 Å². The van der Waals surface area contributed by atoms with Crippen molar-refractivity contribution in [3.8, 4) is 0 Å². The normalized spacial score (nSPS) is 16.9. The van der Waals surface area contributed by atoms with Crippen LogP contribution in [0.3, 0.4) is 0 Å². The highest BCUT2D eigenvalue weighted by molar-refractivity contribution is 5.91. The number of hydrogen-bond donors (Lipinski definition) is 2. The average molecular weight is 278 g/mol. The third kappa shape index (κ3) is 3.33. The van der Waals surface area contributed by atoms with E-state index in [-0.39, 0.29) is 18.0 Å². The molecule has 2 rings (SSSR count). The number of nitro groups is 1. The number of amides is 1. The van der Waals surface area contributed by atoms with E-state index in [0.717, 1.165) is 12.8 Å². The fourth-order valence-corrected chi connectivity index (χ4v) is 2.60. The predicted molar refractivity (Wildman–Crippen MR) is 74.5 cm³/mol. The Bertz CT molecular complexity index is 536. The number of aryl methyl sites for hydroxylation is 1. The third-order valence-corrected chi connectivity index (χ3v) is 3.71. The van der Waals surface area contributed by atoms with Crippen LogP contribution in [0.5, 0.6) is 0 Å². The van der Waals surface area contributed by atoms with Gasteiger partial charge in [-0.1, -0.05) is 18.9 Å². The van der Waals surface area contributed by atoms with Crippen LogP contribution < -0.4 is 5.32 Å². The Hall–Kier alpha value is -1.95. The molecule has 0 radical (unpaired) electrons. The number of nitrogens with one attached hydrogen (secondary N) is 1. The highest BCUT2D eigenvalue weighted by Crippen LogP contribution is 2.32. The van der Waals surface area contributed by atoms with Crippen molar-refractivity contribution in [1.82, 2.24) is 0 Å². The van der Waals surface area contributed by atoms with Crippen LogP contribution in [0.1, 0.15) is 37.7 Å². The molecule has 20 heavy (non-hydrogen) atoms. The van der Waals surface area contributed by atoms with Gasteiger partial charge in [0.25, 0.3) is 5.69 Å². The van der Waals surface area contributed by atoms with Crippen molar-refractivity contribution in [2.75, 3.05) is 5.32 Å². The number of aliphatic hydroxyl groups is 1. The summed E-state index contributed by atoms with van der Waals surface area (Å²) in [6.45, 7) is 1.64. The summed E-state index contributed by atoms with van der Waals surface area (Å²) in [4.78, 5) is 22.3. The molecule has 0 aromatic heterocycles. The molecule has 6 nitrogen and oxygen atoms in total. The van der Waals surface area contributed by atoms with E-state index in [9.17, 15) is 20.0 Å². The second-order valence-corrected chi connectivity index (χ2v) is 5.41. The second-order valence-electron chi connectivity index (χ2n) is 5.41. The Balaban J connectivity index is 2.04. The van der Waals surface area contributed by atoms with E-state index in [0.29, 0.717) is 24.1 Å². The number of anilines is 1. The summed E-state index contributed by atoms with van der Waals surface area (Å²) in [5, 5.41) is 23.6. The summed E-state index contributed by atoms with van der Waals surface area (Å²) in [6.07, 6.45) is 3.16. The molecule has 0 atom stereocenters. The molecular weight excluding hydrogens is 260 g/mol. The monoisotopic (exact) mass is 278 g/mol. The Morgan fingerprint density at radius 3 is 2.70 bits per heavy atom. The lowest BCUT2D eigenvalue weighted by molar-refractivity contribution is -0.385. The fraction of sp³-hybridized carbons (Fsp3) is 0.500. The standard InChI is InChI=1S/C14H18N2O4/c1-10-4-5-11(8-12(10)16(19)20)15-13(17)9-14(18)6-2-3-7-14/h4-5,8,18H,2-3,6-7,9H2,1H3,(H,15,17). The van der Waals surface area contributed by atoms with Gasteiger partial charge < -0.3 is 10.4 Å². The zero-order chi connectivity index (χ0) is 14.8. The van der Waals surface area contributed by atoms with Gasteiger partial charge in [-0.15, -0.1) is 0 Å². The molecule has 1 aliphatic rings. The minimum atomic E-state index is -0.916. The molecule has 0 spiro atoms. The molecule has 1 aromatic carbocycles. The lowest BCUT2D eigenvalue weighted by Crippen LogP contribution is -2.30. The van der Waals surface area contributed by atoms with Gasteiger partial charge in [-0.05, 0) is 25.8 Å². The van der Waals surface area contributed by atoms with Gasteiger partial charge in [0.15, 0.2) is 0 Å². The third-order valence-electron chi connectivity index (χ3n) is 3.71. The van der Waals surface area contributed by atoms with Crippen molar-refractivity contribution in [1.29, 1.82) is 0 Å². The number of rotatable bonds is 4. The molecule has 0 unspecified atom stereocenters. The van der Waals surface area contributed by atoms with Gasteiger partial charge in [-0.2, -0.15) is 0 Å². The van der Waals surface area contributed by atoms with E-state index < -0.39 is 10.5 Å². The Morgan fingerprint density at radius 2 is 2.10 bits per heavy atom. The van der Waals surface area contributed by atoms with Crippen molar-refractivity contribution >= 4 is 17.3 Å². The number of nitro benzene ring substituents is 1. The molecule has 2 N–H and O–H groups in total. The molecular formula is C14H18N2O4. The molecule has 0 bridgehead atoms. The van der Waals surface area contributed by atoms with E-state index >= 15 is 0 Å². The first-order valence-electron chi connectivity index (χ1n) is 6.67. The largest absolute Gasteiger partial charge is 0.389 e. The van der Waals surface area contributed by atoms with Gasteiger partial charge in [0.2, 0.25) is 5.91 Å². The molecule has 0 saturated heterocycles. The summed E-state index contributed by atoms with van der Waals surface area (Å²) < 4.78 is 0. The maximum Gasteiger partial charge on any atom is 0.274 e. The first kappa shape index (κ1) is 14.5. The molecule has 1 aromatic rings. The molecule has 1 aliphatic carbocycles. The van der Waals surface area contributed by atoms with Crippen LogP contribution in [0.2, 0.25) is 0 Å². The van der Waals surface area contributed by atoms with Crippen LogP contribution in [0.15, 0.2) is 18.2 Å². The van der Waals surface area contributed by atoms with Crippen LogP contribution in [-0.2, 0) is 4.79 Å². The van der Waals surface area contributed by atoms with Crippen molar-refractivity contribution in [3.63, 3.8) is 0 Å². The zero-order valence-corrected chi connectivity index (χ0v) is 11.4. The fourth-order valence-electron chi connectivity index (χ4n) is 2.60. The minimum Gasteiger partial charge on any atom is -0.389 e. The van der Waals surface area contributed by atoms with Gasteiger partial charge in [-0.25, -0.2) is 0 Å². The Kier molecular flexibility index (Phi) is 4.04. The van der Waals surface area contributed by atoms with Gasteiger partial charge in [0.1, 0.15) is 0 Å². The molecule has 108 valence electrons. The molecule has 6 heteroatoms. The maximum absolute atomic E-state index is 11.9. The summed E-state index contributed by atoms with van der Waals surface area (Å²) in [6, 6.07) is 4.56. The highest BCUT2D eigenvalue weighted by atomic mass is 16.6. The molecule has 1 amide bonds. The first-order valence-corrected chi connectivity index (χ1v) is 6.67. The Morgan fingerprint density at radius 1 is 1.45 bits per heavy atom. The predicted octanol–water partition coefficient (Wildman–Crippen LogP) is 2.54. The maximum atomic E-state index is 11.9. The van der Waals surface area contributed by atoms with Gasteiger partial charge in [0.05, 0.1) is 16.9 Å². The topological polar surface area (TPSA) is 92.5 Å². The van der Waals surface area contributed by atoms with Gasteiger partial charge in [-0.3, -0.25) is 14.9 Å². The molecule has 1 fully saturated rings. The van der Waals surface area contributed by atoms with Crippen molar-refractivity contribution in [2.45, 2.75) is 44.6 Å². The highest BCUT2D eigenvalue weighted by Gasteiger charge is 2.33. The zero-order valence-electron chi connectivity index (χ0n) is 11.4. The van der Waals surface area contributed by atoms with E-state index in [2.05, 4.69) is 5.32 Å². The van der Waals surface area contributed by atoms with Crippen molar-refractivity contribution in [2.24, 2.45) is 0 Å². The Labute approximate surface area is 117 Å². The molecule has 0 heterocycles. The van der Waals surface area contributed by atoms with Gasteiger partial charge >= 0.3 is 0 Å². The molecule has 1 saturated carbocycles. The van der Waals surface area contributed by atoms with Crippen LogP contribution in [0, 0.1) is 17.0 Å². The van der Waals surface area contributed by atoms with Crippen LogP contribution in [-0.4, -0.2) is 21.5 Å². The van der Waals surface area contributed by atoms with E-state index in [1.165, 1.54) is 6.07 Å². The van der Waals surface area contributed by atoms with E-state index in [1.807, 2.05) is 0 Å². The number of nitrogens with zero attached hydrogens (tertiary/aromatic N) is 1. The number of carbonyl (C=O) groups excluding carboxylic acids is 1. The molecule has 0 aliphatic heterocycles. The average Bonchev–Trinajstić information content (AvgIpc) is 2.77. The number of carbonyl (C=O) groups is 1. The van der Waals surface area contributed by atoms with Crippen LogP contribution in [0.4, 0.5) is 11.4 Å². The quantitative estimate of drug-likeness (QED) is 0.653. The lowest BCUT2D eigenvalue weighted by Gasteiger charge is -2.21.